The molecule has 2 unspecified atom stereocenters. The molecule has 1 rings (SSSR count). The van der Waals surface area contributed by atoms with E-state index in [4.69, 9.17) is 4.74 Å². The minimum absolute atomic E-state index is 0.233. The van der Waals surface area contributed by atoms with E-state index in [1.165, 1.54) is 25.8 Å². The van der Waals surface area contributed by atoms with Crippen molar-refractivity contribution in [3.63, 3.8) is 0 Å². The van der Waals surface area contributed by atoms with E-state index >= 15 is 0 Å². The zero-order valence-electron chi connectivity index (χ0n) is 12.9. The summed E-state index contributed by atoms with van der Waals surface area (Å²) in [6, 6.07) is 0.771. The molecule has 1 aliphatic heterocycles. The maximum Gasteiger partial charge on any atom is 0.407 e. The third-order valence-electron chi connectivity index (χ3n) is 3.86. The van der Waals surface area contributed by atoms with Gasteiger partial charge in [-0.1, -0.05) is 19.8 Å². The molecule has 0 aromatic heterocycles. The van der Waals surface area contributed by atoms with Crippen molar-refractivity contribution in [1.82, 2.24) is 10.2 Å². The fourth-order valence-electron chi connectivity index (χ4n) is 2.81. The first-order chi connectivity index (χ1) is 9.06. The summed E-state index contributed by atoms with van der Waals surface area (Å²) < 4.78 is 4.99. The molecule has 1 aliphatic rings. The molecule has 0 radical (unpaired) electrons. The summed E-state index contributed by atoms with van der Waals surface area (Å²) >= 11 is 0. The number of carbonyl (C=O) groups is 1. The largest absolute Gasteiger partial charge is 0.450 e. The van der Waals surface area contributed by atoms with Gasteiger partial charge in [0.05, 0.1) is 6.61 Å². The van der Waals surface area contributed by atoms with Crippen LogP contribution in [-0.4, -0.2) is 42.8 Å². The lowest BCUT2D eigenvalue weighted by Gasteiger charge is -2.40. The molecule has 0 spiro atoms. The number of amides is 1. The van der Waals surface area contributed by atoms with E-state index in [1.54, 1.807) is 0 Å². The molecule has 1 heterocycles. The fraction of sp³-hybridized carbons (Fsp3) is 0.933. The summed E-state index contributed by atoms with van der Waals surface area (Å²) in [4.78, 5) is 14.0. The number of alkyl carbamates (subject to hydrolysis) is 1. The number of likely N-dealkylation sites (tertiary alicyclic amines) is 1. The zero-order valence-corrected chi connectivity index (χ0v) is 12.9. The van der Waals surface area contributed by atoms with Crippen LogP contribution in [0.1, 0.15) is 53.4 Å². The van der Waals surface area contributed by atoms with E-state index in [2.05, 4.69) is 31.0 Å². The highest BCUT2D eigenvalue weighted by atomic mass is 16.5. The predicted molar refractivity (Wildman–Crippen MR) is 78.3 cm³/mol. The average Bonchev–Trinajstić information content (AvgIpc) is 2.36. The minimum atomic E-state index is -0.271. The molecule has 0 aromatic rings. The number of carbonyl (C=O) groups excluding carboxylic acids is 1. The van der Waals surface area contributed by atoms with Gasteiger partial charge in [0, 0.05) is 25.2 Å². The second kappa shape index (κ2) is 8.41. The first-order valence-electron chi connectivity index (χ1n) is 7.74. The van der Waals surface area contributed by atoms with Crippen LogP contribution in [0.4, 0.5) is 4.79 Å². The van der Waals surface area contributed by atoms with Gasteiger partial charge in [-0.05, 0) is 39.5 Å². The van der Waals surface area contributed by atoms with Crippen LogP contribution >= 0.6 is 0 Å². The molecule has 1 fully saturated rings. The van der Waals surface area contributed by atoms with Gasteiger partial charge >= 0.3 is 6.09 Å². The van der Waals surface area contributed by atoms with Gasteiger partial charge in [0.25, 0.3) is 0 Å². The van der Waals surface area contributed by atoms with E-state index in [0.717, 1.165) is 13.0 Å². The predicted octanol–water partition coefficient (Wildman–Crippen LogP) is 3.02. The molecule has 1 amide bonds. The topological polar surface area (TPSA) is 41.6 Å². The summed E-state index contributed by atoms with van der Waals surface area (Å²) in [6.07, 6.45) is 4.60. The van der Waals surface area contributed by atoms with Crippen LogP contribution in [0, 0.1) is 5.92 Å². The number of ether oxygens (including phenoxy) is 1. The average molecular weight is 270 g/mol. The first-order valence-corrected chi connectivity index (χ1v) is 7.74. The number of piperidine rings is 1. The Bertz CT molecular complexity index is 269. The van der Waals surface area contributed by atoms with Gasteiger partial charge in [0.1, 0.15) is 0 Å². The van der Waals surface area contributed by atoms with Gasteiger partial charge in [0.15, 0.2) is 0 Å². The quantitative estimate of drug-likeness (QED) is 0.806. The summed E-state index contributed by atoms with van der Waals surface area (Å²) in [5.74, 6) is 0.697. The Morgan fingerprint density at radius 2 is 2.11 bits per heavy atom. The maximum absolute atomic E-state index is 11.6. The van der Waals surface area contributed by atoms with Crippen molar-refractivity contribution in [1.29, 1.82) is 0 Å². The normalized spacial score (nSPS) is 24.5. The van der Waals surface area contributed by atoms with Crippen molar-refractivity contribution in [2.24, 2.45) is 5.92 Å². The molecule has 1 saturated heterocycles. The summed E-state index contributed by atoms with van der Waals surface area (Å²) in [5.41, 5.74) is 0. The standard InChI is InChI=1S/C15H30N2O2/c1-5-7-8-13-9-14(16-15(18)19-6-2)11-17(10-13)12(3)4/h12-14H,5-11H2,1-4H3,(H,16,18). The Morgan fingerprint density at radius 1 is 1.37 bits per heavy atom. The molecule has 112 valence electrons. The van der Waals surface area contributed by atoms with E-state index in [-0.39, 0.29) is 12.1 Å². The Morgan fingerprint density at radius 3 is 2.68 bits per heavy atom. The van der Waals surface area contributed by atoms with E-state index in [9.17, 15) is 4.79 Å². The Labute approximate surface area is 117 Å². The maximum atomic E-state index is 11.6. The zero-order chi connectivity index (χ0) is 14.3. The van der Waals surface area contributed by atoms with Crippen molar-refractivity contribution < 1.29 is 9.53 Å². The van der Waals surface area contributed by atoms with Crippen LogP contribution in [0.5, 0.6) is 0 Å². The molecule has 0 aromatic carbocycles. The van der Waals surface area contributed by atoms with E-state index < -0.39 is 0 Å². The van der Waals surface area contributed by atoms with E-state index in [0.29, 0.717) is 18.6 Å². The lowest BCUT2D eigenvalue weighted by molar-refractivity contribution is 0.0957. The van der Waals surface area contributed by atoms with Crippen LogP contribution < -0.4 is 5.32 Å². The smallest absolute Gasteiger partial charge is 0.407 e. The summed E-state index contributed by atoms with van der Waals surface area (Å²) in [5, 5.41) is 3.01. The van der Waals surface area contributed by atoms with Gasteiger partial charge in [-0.15, -0.1) is 0 Å². The highest BCUT2D eigenvalue weighted by Crippen LogP contribution is 2.23. The molecule has 4 heteroatoms. The number of nitrogens with zero attached hydrogens (tertiary/aromatic N) is 1. The van der Waals surface area contributed by atoms with Crippen LogP contribution in [0.15, 0.2) is 0 Å². The number of hydrogen-bond donors (Lipinski definition) is 1. The van der Waals surface area contributed by atoms with Crippen molar-refractivity contribution in [2.45, 2.75) is 65.5 Å². The highest BCUT2D eigenvalue weighted by Gasteiger charge is 2.29. The van der Waals surface area contributed by atoms with Crippen LogP contribution in [0.3, 0.4) is 0 Å². The summed E-state index contributed by atoms with van der Waals surface area (Å²) in [7, 11) is 0. The molecule has 1 N–H and O–H groups in total. The van der Waals surface area contributed by atoms with Crippen molar-refractivity contribution in [3.05, 3.63) is 0 Å². The third kappa shape index (κ3) is 5.81. The van der Waals surface area contributed by atoms with Gasteiger partial charge in [-0.2, -0.15) is 0 Å². The number of rotatable bonds is 6. The highest BCUT2D eigenvalue weighted by molar-refractivity contribution is 5.67. The van der Waals surface area contributed by atoms with Gasteiger partial charge in [0.2, 0.25) is 0 Å². The second-order valence-corrected chi connectivity index (χ2v) is 5.85. The SMILES string of the molecule is CCCCC1CC(NC(=O)OCC)CN(C(C)C)C1. The van der Waals surface area contributed by atoms with Crippen molar-refractivity contribution in [3.8, 4) is 0 Å². The third-order valence-corrected chi connectivity index (χ3v) is 3.86. The number of hydrogen-bond acceptors (Lipinski definition) is 3. The molecule has 19 heavy (non-hydrogen) atoms. The second-order valence-electron chi connectivity index (χ2n) is 5.85. The number of unbranched alkanes of at least 4 members (excludes halogenated alkanes) is 1. The first kappa shape index (κ1) is 16.3. The Kier molecular flexibility index (Phi) is 7.21. The van der Waals surface area contributed by atoms with Crippen molar-refractivity contribution >= 4 is 6.09 Å². The summed E-state index contributed by atoms with van der Waals surface area (Å²) in [6.45, 7) is 11.1. The van der Waals surface area contributed by atoms with Crippen LogP contribution in [0.2, 0.25) is 0 Å². The lowest BCUT2D eigenvalue weighted by atomic mass is 9.89. The molecule has 4 nitrogen and oxygen atoms in total. The molecule has 0 aliphatic carbocycles. The van der Waals surface area contributed by atoms with Gasteiger partial charge in [-0.25, -0.2) is 4.79 Å². The van der Waals surface area contributed by atoms with Crippen molar-refractivity contribution in [2.75, 3.05) is 19.7 Å². The molecular formula is C15H30N2O2. The lowest BCUT2D eigenvalue weighted by Crippen LogP contribution is -2.52. The number of nitrogens with one attached hydrogen (secondary N) is 1. The molecule has 0 saturated carbocycles. The Balaban J connectivity index is 2.51. The monoisotopic (exact) mass is 270 g/mol. The van der Waals surface area contributed by atoms with Crippen LogP contribution in [-0.2, 0) is 4.74 Å². The van der Waals surface area contributed by atoms with Crippen LogP contribution in [0.25, 0.3) is 0 Å². The van der Waals surface area contributed by atoms with Gasteiger partial charge in [-0.3, -0.25) is 4.90 Å². The molecule has 2 atom stereocenters. The molecule has 0 bridgehead atoms. The fourth-order valence-corrected chi connectivity index (χ4v) is 2.81. The van der Waals surface area contributed by atoms with Gasteiger partial charge < -0.3 is 10.1 Å². The van der Waals surface area contributed by atoms with E-state index in [1.807, 2.05) is 6.92 Å². The minimum Gasteiger partial charge on any atom is -0.450 e. The Hall–Kier alpha value is -0.770. The molecular weight excluding hydrogens is 240 g/mol.